The Bertz CT molecular complexity index is 1060. The Labute approximate surface area is 226 Å². The summed E-state index contributed by atoms with van der Waals surface area (Å²) in [5.41, 5.74) is 1.51. The Kier molecular flexibility index (Phi) is 8.64. The number of fused-ring (bicyclic) bond motifs is 1. The molecule has 4 rings (SSSR count). The van der Waals surface area contributed by atoms with E-state index < -0.39 is 23.7 Å². The molecule has 206 valence electrons. The lowest BCUT2D eigenvalue weighted by Crippen LogP contribution is -2.54. The summed E-state index contributed by atoms with van der Waals surface area (Å²) in [6, 6.07) is 10.3. The van der Waals surface area contributed by atoms with Gasteiger partial charge < -0.3 is 14.5 Å². The highest BCUT2D eigenvalue weighted by atomic mass is 16.6. The lowest BCUT2D eigenvalue weighted by molar-refractivity contribution is -0.129. The van der Waals surface area contributed by atoms with E-state index in [0.29, 0.717) is 25.4 Å². The highest BCUT2D eigenvalue weighted by Crippen LogP contribution is 2.31. The van der Waals surface area contributed by atoms with E-state index in [2.05, 4.69) is 30.0 Å². The van der Waals surface area contributed by atoms with E-state index in [9.17, 15) is 19.6 Å². The SMILES string of the molecule is CC[C@@H]1CCCN(C(=O)OC(C)(C)C)[C@@H]1C(=O)C[C@H](C#N)Cc1ccc(N2CCN3C(=O)CCC3C2)cc1. The number of anilines is 1. The van der Waals surface area contributed by atoms with Gasteiger partial charge in [0.2, 0.25) is 5.91 Å². The van der Waals surface area contributed by atoms with Crippen molar-refractivity contribution in [3.63, 3.8) is 0 Å². The van der Waals surface area contributed by atoms with Gasteiger partial charge in [0.15, 0.2) is 5.78 Å². The molecule has 1 aromatic carbocycles. The van der Waals surface area contributed by atoms with Crippen molar-refractivity contribution in [3.05, 3.63) is 29.8 Å². The summed E-state index contributed by atoms with van der Waals surface area (Å²) in [6.45, 7) is 10.5. The molecule has 0 spiro atoms. The molecule has 2 amide bonds. The van der Waals surface area contributed by atoms with Gasteiger partial charge in [0.05, 0.1) is 18.0 Å². The standard InChI is InChI=1S/C30H42N4O4/c1-5-23-7-6-14-34(29(37)38-30(2,3)4)28(23)26(35)18-22(19-31)17-21-8-10-24(11-9-21)32-15-16-33-25(20-32)12-13-27(33)36/h8-11,22-23,25,28H,5-7,12-18,20H2,1-4H3/t22-,23-,25?,28+/m1/s1. The number of nitrogens with zero attached hydrogens (tertiary/aromatic N) is 4. The number of piperidine rings is 1. The summed E-state index contributed by atoms with van der Waals surface area (Å²) in [6.07, 6.45) is 4.30. The number of ether oxygens (including phenoxy) is 1. The third-order valence-electron chi connectivity index (χ3n) is 8.15. The predicted octanol–water partition coefficient (Wildman–Crippen LogP) is 4.56. The first-order chi connectivity index (χ1) is 18.1. The first-order valence-corrected chi connectivity index (χ1v) is 14.1. The molecule has 1 aromatic rings. The van der Waals surface area contributed by atoms with Crippen LogP contribution in [-0.2, 0) is 20.7 Å². The van der Waals surface area contributed by atoms with Crippen LogP contribution in [0.1, 0.15) is 71.8 Å². The van der Waals surface area contributed by atoms with Crippen molar-refractivity contribution in [1.82, 2.24) is 9.80 Å². The maximum atomic E-state index is 13.5. The van der Waals surface area contributed by atoms with Gasteiger partial charge >= 0.3 is 6.09 Å². The molecule has 1 unspecified atom stereocenters. The molecule has 8 heteroatoms. The summed E-state index contributed by atoms with van der Waals surface area (Å²) in [5, 5.41) is 9.90. The molecule has 0 saturated carbocycles. The maximum Gasteiger partial charge on any atom is 0.410 e. The molecule has 3 aliphatic heterocycles. The van der Waals surface area contributed by atoms with Crippen LogP contribution < -0.4 is 4.90 Å². The normalized spacial score (nSPS) is 24.6. The molecule has 0 aromatic heterocycles. The van der Waals surface area contributed by atoms with Gasteiger partial charge in [-0.1, -0.05) is 25.5 Å². The average Bonchev–Trinajstić information content (AvgIpc) is 3.27. The van der Waals surface area contributed by atoms with Gasteiger partial charge in [-0.15, -0.1) is 0 Å². The van der Waals surface area contributed by atoms with Crippen LogP contribution in [0.15, 0.2) is 24.3 Å². The fraction of sp³-hybridized carbons (Fsp3) is 0.667. The van der Waals surface area contributed by atoms with Crippen molar-refractivity contribution in [1.29, 1.82) is 5.26 Å². The molecule has 0 bridgehead atoms. The maximum absolute atomic E-state index is 13.5. The Balaban J connectivity index is 1.38. The Morgan fingerprint density at radius 1 is 1.13 bits per heavy atom. The van der Waals surface area contributed by atoms with E-state index in [1.807, 2.05) is 37.8 Å². The molecule has 0 N–H and O–H groups in total. The second-order valence-corrected chi connectivity index (χ2v) is 12.0. The van der Waals surface area contributed by atoms with Gasteiger partial charge in [0, 0.05) is 50.7 Å². The number of hydrogen-bond donors (Lipinski definition) is 0. The number of carbonyl (C=O) groups excluding carboxylic acids is 3. The number of carbonyl (C=O) groups is 3. The van der Waals surface area contributed by atoms with Crippen molar-refractivity contribution in [2.45, 2.75) is 90.3 Å². The minimum atomic E-state index is -0.632. The first kappa shape index (κ1) is 27.9. The summed E-state index contributed by atoms with van der Waals surface area (Å²) >= 11 is 0. The van der Waals surface area contributed by atoms with E-state index in [-0.39, 0.29) is 24.0 Å². The molecule has 4 atom stereocenters. The smallest absolute Gasteiger partial charge is 0.410 e. The zero-order valence-corrected chi connectivity index (χ0v) is 23.3. The van der Waals surface area contributed by atoms with Crippen molar-refractivity contribution in [2.75, 3.05) is 31.1 Å². The van der Waals surface area contributed by atoms with E-state index >= 15 is 0 Å². The molecular weight excluding hydrogens is 480 g/mol. The number of amides is 2. The molecular formula is C30H42N4O4. The molecule has 3 aliphatic rings. The van der Waals surface area contributed by atoms with Gasteiger partial charge in [0.1, 0.15) is 5.60 Å². The summed E-state index contributed by atoms with van der Waals surface area (Å²) in [7, 11) is 0. The van der Waals surface area contributed by atoms with Crippen molar-refractivity contribution >= 4 is 23.5 Å². The largest absolute Gasteiger partial charge is 0.444 e. The number of piperazine rings is 1. The number of benzene rings is 1. The van der Waals surface area contributed by atoms with E-state index in [0.717, 1.165) is 56.6 Å². The fourth-order valence-corrected chi connectivity index (χ4v) is 6.22. The Hall–Kier alpha value is -3.08. The highest BCUT2D eigenvalue weighted by molar-refractivity contribution is 5.88. The van der Waals surface area contributed by atoms with Gasteiger partial charge in [-0.25, -0.2) is 4.79 Å². The number of ketones is 1. The number of hydrogen-bond acceptors (Lipinski definition) is 6. The van der Waals surface area contributed by atoms with Crippen LogP contribution in [-0.4, -0.2) is 71.4 Å². The minimum Gasteiger partial charge on any atom is -0.444 e. The molecule has 0 radical (unpaired) electrons. The van der Waals surface area contributed by atoms with Crippen LogP contribution >= 0.6 is 0 Å². The number of nitriles is 1. The van der Waals surface area contributed by atoms with Gasteiger partial charge in [-0.3, -0.25) is 14.5 Å². The monoisotopic (exact) mass is 522 g/mol. The Morgan fingerprint density at radius 2 is 1.87 bits per heavy atom. The zero-order valence-electron chi connectivity index (χ0n) is 23.3. The highest BCUT2D eigenvalue weighted by Gasteiger charge is 2.40. The molecule has 3 saturated heterocycles. The predicted molar refractivity (Wildman–Crippen MR) is 146 cm³/mol. The summed E-state index contributed by atoms with van der Waals surface area (Å²) in [5.74, 6) is -0.149. The second kappa shape index (κ2) is 11.8. The molecule has 38 heavy (non-hydrogen) atoms. The Morgan fingerprint density at radius 3 is 2.53 bits per heavy atom. The zero-order chi connectivity index (χ0) is 27.4. The average molecular weight is 523 g/mol. The van der Waals surface area contributed by atoms with Crippen LogP contribution in [0.3, 0.4) is 0 Å². The van der Waals surface area contributed by atoms with E-state index in [1.54, 1.807) is 4.90 Å². The van der Waals surface area contributed by atoms with E-state index in [4.69, 9.17) is 4.74 Å². The van der Waals surface area contributed by atoms with Gasteiger partial charge in [-0.2, -0.15) is 5.26 Å². The molecule has 3 heterocycles. The topological polar surface area (TPSA) is 93.9 Å². The number of Topliss-reactive ketones (excluding diaryl/α,β-unsaturated/α-hetero) is 1. The van der Waals surface area contributed by atoms with Crippen molar-refractivity contribution in [2.24, 2.45) is 11.8 Å². The molecule has 8 nitrogen and oxygen atoms in total. The lowest BCUT2D eigenvalue weighted by Gasteiger charge is -2.40. The second-order valence-electron chi connectivity index (χ2n) is 12.0. The third-order valence-corrected chi connectivity index (χ3v) is 8.15. The summed E-state index contributed by atoms with van der Waals surface area (Å²) in [4.78, 5) is 44.4. The van der Waals surface area contributed by atoms with Crippen LogP contribution in [0.5, 0.6) is 0 Å². The van der Waals surface area contributed by atoms with Gasteiger partial charge in [-0.05, 0) is 70.1 Å². The lowest BCUT2D eigenvalue weighted by atomic mass is 9.82. The van der Waals surface area contributed by atoms with Crippen LogP contribution in [0, 0.1) is 23.2 Å². The van der Waals surface area contributed by atoms with Gasteiger partial charge in [0.25, 0.3) is 0 Å². The molecule has 3 fully saturated rings. The van der Waals surface area contributed by atoms with Crippen molar-refractivity contribution in [3.8, 4) is 6.07 Å². The fourth-order valence-electron chi connectivity index (χ4n) is 6.22. The summed E-state index contributed by atoms with van der Waals surface area (Å²) < 4.78 is 5.61. The van der Waals surface area contributed by atoms with Crippen molar-refractivity contribution < 1.29 is 19.1 Å². The van der Waals surface area contributed by atoms with E-state index in [1.165, 1.54) is 0 Å². The first-order valence-electron chi connectivity index (χ1n) is 14.1. The van der Waals surface area contributed by atoms with Crippen LogP contribution in [0.25, 0.3) is 0 Å². The quantitative estimate of drug-likeness (QED) is 0.521. The third kappa shape index (κ3) is 6.48. The number of likely N-dealkylation sites (tertiary alicyclic amines) is 1. The minimum absolute atomic E-state index is 0.0467. The molecule has 0 aliphatic carbocycles. The van der Waals surface area contributed by atoms with Crippen LogP contribution in [0.4, 0.5) is 10.5 Å². The number of rotatable bonds is 7. The van der Waals surface area contributed by atoms with Crippen LogP contribution in [0.2, 0.25) is 0 Å².